The van der Waals surface area contributed by atoms with Gasteiger partial charge in [0, 0.05) is 13.1 Å². The minimum atomic E-state index is -0.876. The molecule has 1 rings (SSSR count). The molecule has 20 heavy (non-hydrogen) atoms. The number of hydrogen-bond acceptors (Lipinski definition) is 4. The number of carbonyl (C=O) groups is 2. The molecular weight excluding hydrogens is 260 g/mol. The predicted molar refractivity (Wildman–Crippen MR) is 74.4 cm³/mol. The second-order valence-corrected chi connectivity index (χ2v) is 4.25. The van der Waals surface area contributed by atoms with Gasteiger partial charge in [0.2, 0.25) is 0 Å². The summed E-state index contributed by atoms with van der Waals surface area (Å²) in [5.74, 6) is -0.876. The summed E-state index contributed by atoms with van der Waals surface area (Å²) in [7, 11) is 0. The van der Waals surface area contributed by atoms with Gasteiger partial charge in [-0.1, -0.05) is 37.3 Å². The number of carboxylic acid groups (broad SMARTS) is 1. The zero-order valence-corrected chi connectivity index (χ0v) is 11.5. The van der Waals surface area contributed by atoms with E-state index in [4.69, 9.17) is 9.84 Å². The van der Waals surface area contributed by atoms with Crippen LogP contribution in [0.2, 0.25) is 0 Å². The highest BCUT2D eigenvalue weighted by Gasteiger charge is 2.08. The fourth-order valence-corrected chi connectivity index (χ4v) is 1.63. The molecule has 0 aliphatic rings. The van der Waals surface area contributed by atoms with E-state index in [1.807, 2.05) is 37.3 Å². The number of likely N-dealkylation sites (N-methyl/N-ethyl adjacent to an activating group) is 1. The summed E-state index contributed by atoms with van der Waals surface area (Å²) in [5, 5.41) is 11.3. The Bertz CT molecular complexity index is 422. The maximum atomic E-state index is 11.4. The van der Waals surface area contributed by atoms with E-state index in [2.05, 4.69) is 5.32 Å². The van der Waals surface area contributed by atoms with Gasteiger partial charge in [-0.25, -0.2) is 4.79 Å². The molecule has 0 atom stereocenters. The first-order valence-electron chi connectivity index (χ1n) is 6.50. The normalized spacial score (nSPS) is 10.3. The number of nitrogens with zero attached hydrogens (tertiary/aromatic N) is 1. The van der Waals surface area contributed by atoms with Crippen LogP contribution in [-0.2, 0) is 16.1 Å². The number of ether oxygens (including phenoxy) is 1. The van der Waals surface area contributed by atoms with Gasteiger partial charge in [0.1, 0.15) is 6.61 Å². The van der Waals surface area contributed by atoms with Crippen LogP contribution in [0.1, 0.15) is 12.5 Å². The van der Waals surface area contributed by atoms with Crippen LogP contribution >= 0.6 is 0 Å². The van der Waals surface area contributed by atoms with Crippen LogP contribution in [0.5, 0.6) is 0 Å². The van der Waals surface area contributed by atoms with E-state index in [9.17, 15) is 9.59 Å². The van der Waals surface area contributed by atoms with Crippen molar-refractivity contribution in [2.45, 2.75) is 13.5 Å². The second kappa shape index (κ2) is 8.92. The molecule has 0 saturated carbocycles. The molecule has 6 nitrogen and oxygen atoms in total. The van der Waals surface area contributed by atoms with Gasteiger partial charge in [-0.15, -0.1) is 0 Å². The average Bonchev–Trinajstić information content (AvgIpc) is 2.44. The van der Waals surface area contributed by atoms with Crippen LogP contribution < -0.4 is 5.32 Å². The van der Waals surface area contributed by atoms with Crippen molar-refractivity contribution in [2.24, 2.45) is 0 Å². The molecular formula is C14H20N2O4. The molecule has 0 heterocycles. The van der Waals surface area contributed by atoms with Gasteiger partial charge in [0.25, 0.3) is 0 Å². The van der Waals surface area contributed by atoms with Crippen LogP contribution in [-0.4, -0.2) is 48.2 Å². The average molecular weight is 280 g/mol. The van der Waals surface area contributed by atoms with Crippen LogP contribution in [0.4, 0.5) is 4.79 Å². The monoisotopic (exact) mass is 280 g/mol. The van der Waals surface area contributed by atoms with Crippen molar-refractivity contribution >= 4 is 12.1 Å². The van der Waals surface area contributed by atoms with E-state index < -0.39 is 12.1 Å². The summed E-state index contributed by atoms with van der Waals surface area (Å²) in [6.45, 7) is 3.51. The van der Waals surface area contributed by atoms with Crippen LogP contribution in [0.25, 0.3) is 0 Å². The van der Waals surface area contributed by atoms with Gasteiger partial charge in [-0.2, -0.15) is 0 Å². The maximum absolute atomic E-state index is 11.4. The van der Waals surface area contributed by atoms with Crippen molar-refractivity contribution in [3.8, 4) is 0 Å². The third-order valence-electron chi connectivity index (χ3n) is 2.72. The lowest BCUT2D eigenvalue weighted by Gasteiger charge is -2.17. The smallest absolute Gasteiger partial charge is 0.407 e. The number of carboxylic acids is 1. The fraction of sp³-hybridized carbons (Fsp3) is 0.429. The van der Waals surface area contributed by atoms with Gasteiger partial charge < -0.3 is 15.2 Å². The first-order chi connectivity index (χ1) is 9.61. The lowest BCUT2D eigenvalue weighted by atomic mass is 10.2. The molecule has 0 fully saturated rings. The maximum Gasteiger partial charge on any atom is 0.407 e. The number of aliphatic carboxylic acids is 1. The summed E-state index contributed by atoms with van der Waals surface area (Å²) in [4.78, 5) is 23.7. The molecule has 0 unspecified atom stereocenters. The van der Waals surface area contributed by atoms with Crippen molar-refractivity contribution in [1.29, 1.82) is 0 Å². The topological polar surface area (TPSA) is 78.9 Å². The fourth-order valence-electron chi connectivity index (χ4n) is 1.63. The Balaban J connectivity index is 2.18. The summed E-state index contributed by atoms with van der Waals surface area (Å²) in [6.07, 6.45) is -0.500. The van der Waals surface area contributed by atoms with Crippen molar-refractivity contribution in [2.75, 3.05) is 26.2 Å². The highest BCUT2D eigenvalue weighted by molar-refractivity contribution is 5.69. The molecule has 0 radical (unpaired) electrons. The first-order valence-corrected chi connectivity index (χ1v) is 6.50. The Hall–Kier alpha value is -2.08. The molecule has 0 saturated heterocycles. The Morgan fingerprint density at radius 3 is 2.60 bits per heavy atom. The van der Waals surface area contributed by atoms with Crippen molar-refractivity contribution in [1.82, 2.24) is 10.2 Å². The molecule has 0 aliphatic carbocycles. The molecule has 1 amide bonds. The Kier molecular flexibility index (Phi) is 7.13. The molecule has 0 aliphatic heterocycles. The highest BCUT2D eigenvalue weighted by Crippen LogP contribution is 2.00. The predicted octanol–water partition coefficient (Wildman–Crippen LogP) is 1.32. The lowest BCUT2D eigenvalue weighted by Crippen LogP contribution is -2.37. The molecule has 0 bridgehead atoms. The lowest BCUT2D eigenvalue weighted by molar-refractivity contribution is -0.138. The minimum Gasteiger partial charge on any atom is -0.480 e. The van der Waals surface area contributed by atoms with Crippen LogP contribution in [0.15, 0.2) is 30.3 Å². The van der Waals surface area contributed by atoms with E-state index in [1.54, 1.807) is 4.90 Å². The van der Waals surface area contributed by atoms with E-state index in [-0.39, 0.29) is 13.2 Å². The number of carbonyl (C=O) groups excluding carboxylic acids is 1. The zero-order chi connectivity index (χ0) is 14.8. The van der Waals surface area contributed by atoms with Crippen LogP contribution in [0.3, 0.4) is 0 Å². The van der Waals surface area contributed by atoms with Gasteiger partial charge in [0.15, 0.2) is 0 Å². The number of amides is 1. The van der Waals surface area contributed by atoms with Gasteiger partial charge >= 0.3 is 12.1 Å². The SMILES string of the molecule is CCN(CCNC(=O)OCc1ccccc1)CC(=O)O. The number of benzene rings is 1. The third-order valence-corrected chi connectivity index (χ3v) is 2.72. The molecule has 0 spiro atoms. The summed E-state index contributed by atoms with van der Waals surface area (Å²) in [5.41, 5.74) is 0.920. The van der Waals surface area contributed by atoms with E-state index in [1.165, 1.54) is 0 Å². The summed E-state index contributed by atoms with van der Waals surface area (Å²) < 4.78 is 5.04. The minimum absolute atomic E-state index is 0.0305. The zero-order valence-electron chi connectivity index (χ0n) is 11.5. The van der Waals surface area contributed by atoms with E-state index >= 15 is 0 Å². The number of nitrogens with one attached hydrogen (secondary N) is 1. The Labute approximate surface area is 118 Å². The number of alkyl carbamates (subject to hydrolysis) is 1. The quantitative estimate of drug-likeness (QED) is 0.751. The number of rotatable bonds is 8. The highest BCUT2D eigenvalue weighted by atomic mass is 16.5. The Morgan fingerprint density at radius 2 is 2.00 bits per heavy atom. The molecule has 1 aromatic rings. The van der Waals surface area contributed by atoms with Crippen molar-refractivity contribution in [3.63, 3.8) is 0 Å². The largest absolute Gasteiger partial charge is 0.480 e. The molecule has 110 valence electrons. The van der Waals surface area contributed by atoms with Crippen molar-refractivity contribution in [3.05, 3.63) is 35.9 Å². The summed E-state index contributed by atoms with van der Waals surface area (Å²) >= 11 is 0. The molecule has 1 aromatic carbocycles. The van der Waals surface area contributed by atoms with Crippen molar-refractivity contribution < 1.29 is 19.4 Å². The Morgan fingerprint density at radius 1 is 1.30 bits per heavy atom. The standard InChI is InChI=1S/C14H20N2O4/c1-2-16(10-13(17)18)9-8-15-14(19)20-11-12-6-4-3-5-7-12/h3-7H,2,8-11H2,1H3,(H,15,19)(H,17,18). The van der Waals surface area contributed by atoms with E-state index in [0.29, 0.717) is 19.6 Å². The molecule has 0 aromatic heterocycles. The van der Waals surface area contributed by atoms with Gasteiger partial charge in [-0.3, -0.25) is 9.69 Å². The number of hydrogen-bond donors (Lipinski definition) is 2. The third kappa shape index (κ3) is 6.75. The molecule has 2 N–H and O–H groups in total. The van der Waals surface area contributed by atoms with E-state index in [0.717, 1.165) is 5.56 Å². The first kappa shape index (κ1) is 16.0. The summed E-state index contributed by atoms with van der Waals surface area (Å²) in [6, 6.07) is 9.40. The molecule has 6 heteroatoms. The van der Waals surface area contributed by atoms with Gasteiger partial charge in [0.05, 0.1) is 6.54 Å². The van der Waals surface area contributed by atoms with Gasteiger partial charge in [-0.05, 0) is 12.1 Å². The van der Waals surface area contributed by atoms with Crippen LogP contribution in [0, 0.1) is 0 Å². The second-order valence-electron chi connectivity index (χ2n) is 4.25.